The van der Waals surface area contributed by atoms with Crippen LogP contribution in [0, 0.1) is 0 Å². The quantitative estimate of drug-likeness (QED) is 0.597. The molecule has 1 unspecified atom stereocenters. The lowest BCUT2D eigenvalue weighted by Crippen LogP contribution is -2.32. The third kappa shape index (κ3) is 5.72. The number of anilines is 2. The normalized spacial score (nSPS) is 18.8. The van der Waals surface area contributed by atoms with Crippen LogP contribution in [0.5, 0.6) is 0 Å². The molecule has 3 N–H and O–H groups in total. The molecule has 1 aliphatic heterocycles. The molecular weight excluding hydrogens is 416 g/mol. The largest absolute Gasteiger partial charge is 0.492 e. The molecule has 1 aliphatic carbocycles. The third-order valence-corrected chi connectivity index (χ3v) is 6.05. The van der Waals surface area contributed by atoms with Crippen LogP contribution in [0.4, 0.5) is 11.9 Å². The van der Waals surface area contributed by atoms with Crippen molar-refractivity contribution in [1.29, 1.82) is 0 Å². The lowest BCUT2D eigenvalue weighted by molar-refractivity contribution is 0.148. The number of allylic oxidation sites excluding steroid dienone is 1. The Morgan fingerprint density at radius 3 is 2.67 bits per heavy atom. The number of ether oxygens (including phenoxy) is 1. The SMILES string of the molecule is CC(C)c1ccc(-n2nc(NC3C=CC(OCCN4CCCCC4)=CC3=C=O)nc2N)cc1. The number of nitrogen functional groups attached to an aromatic ring is 1. The van der Waals surface area contributed by atoms with Gasteiger partial charge >= 0.3 is 0 Å². The molecule has 1 atom stereocenters. The maximum atomic E-state index is 11.6. The van der Waals surface area contributed by atoms with Crippen LogP contribution >= 0.6 is 0 Å². The summed E-state index contributed by atoms with van der Waals surface area (Å²) in [5, 5.41) is 7.63. The molecular formula is C25H32N6O2. The molecule has 174 valence electrons. The standard InChI is InChI=1S/C25H32N6O2/c1-18(2)19-6-8-21(9-7-19)31-24(26)28-25(29-31)27-23-11-10-22(16-20(23)17-32)33-15-14-30-12-4-3-5-13-30/h6-11,16,18,23H,3-5,12-15H2,1-2H3,(H3,26,27,28,29). The molecule has 8 heteroatoms. The lowest BCUT2D eigenvalue weighted by Gasteiger charge is -2.26. The number of hydrogen-bond donors (Lipinski definition) is 2. The van der Waals surface area contributed by atoms with Crippen LogP contribution in [0.3, 0.4) is 0 Å². The minimum atomic E-state index is -0.407. The Labute approximate surface area is 194 Å². The first-order valence-electron chi connectivity index (χ1n) is 11.6. The van der Waals surface area contributed by atoms with E-state index in [1.54, 1.807) is 10.8 Å². The van der Waals surface area contributed by atoms with E-state index in [1.165, 1.54) is 24.8 Å². The summed E-state index contributed by atoms with van der Waals surface area (Å²) in [4.78, 5) is 18.3. The van der Waals surface area contributed by atoms with Crippen molar-refractivity contribution in [3.05, 3.63) is 59.4 Å². The van der Waals surface area contributed by atoms with Crippen LogP contribution in [-0.2, 0) is 9.53 Å². The third-order valence-electron chi connectivity index (χ3n) is 6.05. The van der Waals surface area contributed by atoms with Crippen molar-refractivity contribution in [3.63, 3.8) is 0 Å². The average molecular weight is 449 g/mol. The zero-order chi connectivity index (χ0) is 23.2. The number of aromatic nitrogens is 3. The van der Waals surface area contributed by atoms with Gasteiger partial charge in [0, 0.05) is 6.54 Å². The van der Waals surface area contributed by atoms with Crippen LogP contribution in [0.2, 0.25) is 0 Å². The Morgan fingerprint density at radius 1 is 1.21 bits per heavy atom. The van der Waals surface area contributed by atoms with E-state index >= 15 is 0 Å². The summed E-state index contributed by atoms with van der Waals surface area (Å²) in [6, 6.07) is 7.65. The molecule has 1 fully saturated rings. The molecule has 0 saturated carbocycles. The number of hydrogen-bond acceptors (Lipinski definition) is 7. The minimum absolute atomic E-state index is 0.267. The Bertz CT molecular complexity index is 1060. The molecule has 0 spiro atoms. The van der Waals surface area contributed by atoms with Crippen molar-refractivity contribution in [2.45, 2.75) is 45.1 Å². The Morgan fingerprint density at radius 2 is 1.97 bits per heavy atom. The van der Waals surface area contributed by atoms with Gasteiger partial charge in [-0.05, 0) is 61.7 Å². The fourth-order valence-electron chi connectivity index (χ4n) is 4.08. The monoisotopic (exact) mass is 448 g/mol. The van der Waals surface area contributed by atoms with Gasteiger partial charge in [0.2, 0.25) is 11.9 Å². The van der Waals surface area contributed by atoms with E-state index in [0.717, 1.165) is 25.3 Å². The molecule has 8 nitrogen and oxygen atoms in total. The van der Waals surface area contributed by atoms with Crippen LogP contribution in [-0.4, -0.2) is 57.9 Å². The molecule has 2 aliphatic rings. The summed E-state index contributed by atoms with van der Waals surface area (Å²) in [5.74, 6) is 3.72. The summed E-state index contributed by atoms with van der Waals surface area (Å²) in [7, 11) is 0. The fourth-order valence-corrected chi connectivity index (χ4v) is 4.08. The van der Waals surface area contributed by atoms with E-state index in [-0.39, 0.29) is 5.95 Å². The second-order valence-electron chi connectivity index (χ2n) is 8.79. The first-order chi connectivity index (χ1) is 16.0. The molecule has 0 bridgehead atoms. The van der Waals surface area contributed by atoms with Crippen LogP contribution < -0.4 is 11.1 Å². The predicted molar refractivity (Wildman–Crippen MR) is 130 cm³/mol. The highest BCUT2D eigenvalue weighted by Gasteiger charge is 2.19. The molecule has 4 rings (SSSR count). The van der Waals surface area contributed by atoms with Gasteiger partial charge in [-0.3, -0.25) is 4.90 Å². The summed E-state index contributed by atoms with van der Waals surface area (Å²) < 4.78 is 7.45. The summed E-state index contributed by atoms with van der Waals surface area (Å²) >= 11 is 0. The fraction of sp³-hybridized carbons (Fsp3) is 0.440. The second-order valence-corrected chi connectivity index (χ2v) is 8.79. The Hall–Kier alpha value is -3.35. The molecule has 1 aromatic heterocycles. The van der Waals surface area contributed by atoms with Crippen molar-refractivity contribution in [2.75, 3.05) is 37.3 Å². The molecule has 1 saturated heterocycles. The molecule has 33 heavy (non-hydrogen) atoms. The van der Waals surface area contributed by atoms with Gasteiger partial charge in [-0.1, -0.05) is 38.5 Å². The van der Waals surface area contributed by atoms with E-state index < -0.39 is 6.04 Å². The highest BCUT2D eigenvalue weighted by atomic mass is 16.5. The highest BCUT2D eigenvalue weighted by Crippen LogP contribution is 2.22. The summed E-state index contributed by atoms with van der Waals surface area (Å²) in [6.45, 7) is 8.06. The predicted octanol–water partition coefficient (Wildman–Crippen LogP) is 3.47. The van der Waals surface area contributed by atoms with E-state index in [2.05, 4.69) is 46.3 Å². The van der Waals surface area contributed by atoms with E-state index in [1.807, 2.05) is 30.2 Å². The van der Waals surface area contributed by atoms with E-state index in [4.69, 9.17) is 10.5 Å². The van der Waals surface area contributed by atoms with Gasteiger partial charge in [-0.15, -0.1) is 5.10 Å². The van der Waals surface area contributed by atoms with Gasteiger partial charge in [-0.25, -0.2) is 4.79 Å². The molecule has 2 aromatic rings. The maximum absolute atomic E-state index is 11.6. The Kier molecular flexibility index (Phi) is 7.27. The van der Waals surface area contributed by atoms with Crippen molar-refractivity contribution in [1.82, 2.24) is 19.7 Å². The van der Waals surface area contributed by atoms with Crippen molar-refractivity contribution in [2.24, 2.45) is 0 Å². The average Bonchev–Trinajstić information content (AvgIpc) is 3.20. The van der Waals surface area contributed by atoms with E-state index in [0.29, 0.717) is 29.8 Å². The topological polar surface area (TPSA) is 98.3 Å². The van der Waals surface area contributed by atoms with Crippen LogP contribution in [0.15, 0.2) is 53.8 Å². The van der Waals surface area contributed by atoms with Gasteiger partial charge in [0.05, 0.1) is 17.3 Å². The molecule has 0 radical (unpaired) electrons. The number of carbonyl (C=O) groups excluding carboxylic acids is 1. The number of piperidine rings is 1. The van der Waals surface area contributed by atoms with Gasteiger partial charge in [0.25, 0.3) is 0 Å². The van der Waals surface area contributed by atoms with Gasteiger partial charge in [0.1, 0.15) is 18.3 Å². The first kappa shape index (κ1) is 22.8. The van der Waals surface area contributed by atoms with Crippen molar-refractivity contribution >= 4 is 17.8 Å². The van der Waals surface area contributed by atoms with Gasteiger partial charge < -0.3 is 15.8 Å². The zero-order valence-electron chi connectivity index (χ0n) is 19.3. The van der Waals surface area contributed by atoms with Gasteiger partial charge in [0.15, 0.2) is 0 Å². The summed E-state index contributed by atoms with van der Waals surface area (Å²) in [5.41, 5.74) is 8.59. The lowest BCUT2D eigenvalue weighted by atomic mass is 10.0. The molecule has 2 heterocycles. The van der Waals surface area contributed by atoms with Gasteiger partial charge in [-0.2, -0.15) is 9.67 Å². The Balaban J connectivity index is 1.37. The molecule has 1 aromatic carbocycles. The van der Waals surface area contributed by atoms with Crippen LogP contribution in [0.1, 0.15) is 44.6 Å². The highest BCUT2D eigenvalue weighted by molar-refractivity contribution is 5.65. The van der Waals surface area contributed by atoms with Crippen molar-refractivity contribution < 1.29 is 9.53 Å². The smallest absolute Gasteiger partial charge is 0.245 e. The number of nitrogens with one attached hydrogen (secondary N) is 1. The first-order valence-corrected chi connectivity index (χ1v) is 11.6. The summed E-state index contributed by atoms with van der Waals surface area (Å²) in [6.07, 6.45) is 9.25. The number of rotatable bonds is 8. The number of benzene rings is 1. The number of nitrogens with two attached hydrogens (primary N) is 1. The number of likely N-dealkylation sites (tertiary alicyclic amines) is 1. The second kappa shape index (κ2) is 10.5. The maximum Gasteiger partial charge on any atom is 0.245 e. The zero-order valence-corrected chi connectivity index (χ0v) is 19.3. The number of nitrogens with zero attached hydrogens (tertiary/aromatic N) is 4. The van der Waals surface area contributed by atoms with Crippen LogP contribution in [0.25, 0.3) is 5.69 Å². The van der Waals surface area contributed by atoms with E-state index in [9.17, 15) is 4.79 Å². The minimum Gasteiger partial charge on any atom is -0.492 e. The molecule has 0 amide bonds. The van der Waals surface area contributed by atoms with Crippen molar-refractivity contribution in [3.8, 4) is 5.69 Å².